The summed E-state index contributed by atoms with van der Waals surface area (Å²) in [5.74, 6) is 0.932. The lowest BCUT2D eigenvalue weighted by atomic mass is 10.0. The van der Waals surface area contributed by atoms with Crippen LogP contribution in [-0.4, -0.2) is 18.6 Å². The van der Waals surface area contributed by atoms with E-state index in [0.717, 1.165) is 47.5 Å². The van der Waals surface area contributed by atoms with E-state index in [1.807, 2.05) is 19.2 Å². The highest BCUT2D eigenvalue weighted by molar-refractivity contribution is 5.41. The Labute approximate surface area is 126 Å². The third-order valence-electron chi connectivity index (χ3n) is 3.73. The van der Waals surface area contributed by atoms with Gasteiger partial charge in [0, 0.05) is 41.0 Å². The van der Waals surface area contributed by atoms with Crippen LogP contribution in [0, 0.1) is 13.8 Å². The molecule has 0 fully saturated rings. The summed E-state index contributed by atoms with van der Waals surface area (Å²) in [6.45, 7) is 7.22. The summed E-state index contributed by atoms with van der Waals surface area (Å²) in [4.78, 5) is 4.59. The Kier molecular flexibility index (Phi) is 5.39. The van der Waals surface area contributed by atoms with E-state index in [9.17, 15) is 0 Å². The molecule has 0 aromatic carbocycles. The van der Waals surface area contributed by atoms with Crippen molar-refractivity contribution in [1.82, 2.24) is 10.3 Å². The minimum absolute atomic E-state index is 0.210. The lowest BCUT2D eigenvalue weighted by molar-refractivity contribution is 0.406. The maximum atomic E-state index is 5.49. The molecule has 4 heteroatoms. The van der Waals surface area contributed by atoms with Crippen molar-refractivity contribution in [3.05, 3.63) is 47.2 Å². The Morgan fingerprint density at radius 1 is 1.38 bits per heavy atom. The van der Waals surface area contributed by atoms with E-state index >= 15 is 0 Å². The summed E-state index contributed by atoms with van der Waals surface area (Å²) in [7, 11) is 1.71. The van der Waals surface area contributed by atoms with Crippen LogP contribution in [0.4, 0.5) is 0 Å². The van der Waals surface area contributed by atoms with Crippen molar-refractivity contribution in [1.29, 1.82) is 0 Å². The number of pyridine rings is 1. The average Bonchev–Trinajstić information content (AvgIpc) is 3.00. The highest BCUT2D eigenvalue weighted by atomic mass is 16.5. The molecule has 114 valence electrons. The molecule has 0 aliphatic carbocycles. The normalized spacial score (nSPS) is 12.4. The summed E-state index contributed by atoms with van der Waals surface area (Å²) in [6.07, 6.45) is 7.31. The number of hydrogen-bond donors (Lipinski definition) is 1. The van der Waals surface area contributed by atoms with Crippen LogP contribution in [0.15, 0.2) is 29.2 Å². The Morgan fingerprint density at radius 3 is 2.81 bits per heavy atom. The van der Waals surface area contributed by atoms with Gasteiger partial charge in [-0.25, -0.2) is 0 Å². The van der Waals surface area contributed by atoms with Crippen LogP contribution in [0.3, 0.4) is 0 Å². The van der Waals surface area contributed by atoms with Gasteiger partial charge < -0.3 is 14.5 Å². The Bertz CT molecular complexity index is 564. The number of furan rings is 1. The molecule has 1 unspecified atom stereocenters. The molecule has 2 heterocycles. The molecule has 0 aliphatic heterocycles. The zero-order valence-corrected chi connectivity index (χ0v) is 13.3. The highest BCUT2D eigenvalue weighted by Gasteiger charge is 2.17. The summed E-state index contributed by atoms with van der Waals surface area (Å²) in [6, 6.07) is 2.22. The van der Waals surface area contributed by atoms with Crippen LogP contribution in [0.2, 0.25) is 0 Å². The van der Waals surface area contributed by atoms with Gasteiger partial charge in [-0.2, -0.15) is 0 Å². The fourth-order valence-electron chi connectivity index (χ4n) is 2.57. The second-order valence-corrected chi connectivity index (χ2v) is 5.31. The zero-order chi connectivity index (χ0) is 15.2. The second kappa shape index (κ2) is 7.27. The maximum absolute atomic E-state index is 5.49. The predicted octanol–water partition coefficient (Wildman–Crippen LogP) is 3.58. The first-order valence-corrected chi connectivity index (χ1v) is 7.41. The maximum Gasteiger partial charge on any atom is 0.128 e. The van der Waals surface area contributed by atoms with E-state index in [-0.39, 0.29) is 6.04 Å². The third kappa shape index (κ3) is 3.64. The van der Waals surface area contributed by atoms with Gasteiger partial charge in [-0.05, 0) is 32.9 Å². The fourth-order valence-corrected chi connectivity index (χ4v) is 2.57. The van der Waals surface area contributed by atoms with Gasteiger partial charge in [0.2, 0.25) is 0 Å². The number of aryl methyl sites for hydroxylation is 1. The highest BCUT2D eigenvalue weighted by Crippen LogP contribution is 2.27. The summed E-state index contributed by atoms with van der Waals surface area (Å²) in [5, 5.41) is 3.56. The molecule has 2 aromatic heterocycles. The number of rotatable bonds is 7. The topological polar surface area (TPSA) is 47.3 Å². The molecule has 4 nitrogen and oxygen atoms in total. The van der Waals surface area contributed by atoms with Crippen LogP contribution >= 0.6 is 0 Å². The molecule has 1 atom stereocenters. The Hall–Kier alpha value is -1.81. The van der Waals surface area contributed by atoms with E-state index in [0.29, 0.717) is 0 Å². The average molecular weight is 288 g/mol. The smallest absolute Gasteiger partial charge is 0.128 e. The molecule has 0 saturated heterocycles. The standard InChI is InChI=1S/C17H24N2O2/c1-5-7-18-16(14-6-8-21-11-14)9-15-13(3)17(20-4)12(2)10-19-15/h6,8,10-11,16,18H,5,7,9H2,1-4H3. The first-order valence-electron chi connectivity index (χ1n) is 7.41. The molecule has 0 amide bonds. The number of nitrogens with zero attached hydrogens (tertiary/aromatic N) is 1. The lowest BCUT2D eigenvalue weighted by Gasteiger charge is -2.19. The van der Waals surface area contributed by atoms with Crippen molar-refractivity contribution in [3.8, 4) is 5.75 Å². The minimum atomic E-state index is 0.210. The largest absolute Gasteiger partial charge is 0.496 e. The summed E-state index contributed by atoms with van der Waals surface area (Å²) in [5.41, 5.74) is 4.40. The first kappa shape index (κ1) is 15.6. The van der Waals surface area contributed by atoms with Crippen molar-refractivity contribution in [2.75, 3.05) is 13.7 Å². The minimum Gasteiger partial charge on any atom is -0.496 e. The van der Waals surface area contributed by atoms with Crippen LogP contribution in [0.25, 0.3) is 0 Å². The predicted molar refractivity (Wildman–Crippen MR) is 83.7 cm³/mol. The number of nitrogens with one attached hydrogen (secondary N) is 1. The molecule has 1 N–H and O–H groups in total. The third-order valence-corrected chi connectivity index (χ3v) is 3.73. The lowest BCUT2D eigenvalue weighted by Crippen LogP contribution is -2.24. The van der Waals surface area contributed by atoms with Crippen LogP contribution < -0.4 is 10.1 Å². The van der Waals surface area contributed by atoms with E-state index in [1.54, 1.807) is 19.6 Å². The van der Waals surface area contributed by atoms with E-state index in [4.69, 9.17) is 9.15 Å². The molecule has 0 bridgehead atoms. The number of methoxy groups -OCH3 is 1. The number of ether oxygens (including phenoxy) is 1. The summed E-state index contributed by atoms with van der Waals surface area (Å²) < 4.78 is 10.7. The Balaban J connectivity index is 2.24. The van der Waals surface area contributed by atoms with Gasteiger partial charge in [0.1, 0.15) is 5.75 Å². The quantitative estimate of drug-likeness (QED) is 0.846. The van der Waals surface area contributed by atoms with Crippen LogP contribution in [0.5, 0.6) is 5.75 Å². The van der Waals surface area contributed by atoms with E-state index in [1.165, 1.54) is 0 Å². The zero-order valence-electron chi connectivity index (χ0n) is 13.3. The first-order chi connectivity index (χ1) is 10.2. The van der Waals surface area contributed by atoms with Crippen LogP contribution in [-0.2, 0) is 6.42 Å². The van der Waals surface area contributed by atoms with Crippen molar-refractivity contribution < 1.29 is 9.15 Å². The number of aromatic nitrogens is 1. The molecule has 0 radical (unpaired) electrons. The second-order valence-electron chi connectivity index (χ2n) is 5.31. The molecule has 2 aromatic rings. The van der Waals surface area contributed by atoms with Crippen LogP contribution in [0.1, 0.15) is 41.8 Å². The molecule has 0 aliphatic rings. The van der Waals surface area contributed by atoms with Crippen molar-refractivity contribution in [2.24, 2.45) is 0 Å². The van der Waals surface area contributed by atoms with Crippen molar-refractivity contribution in [2.45, 2.75) is 39.7 Å². The van der Waals surface area contributed by atoms with Gasteiger partial charge in [-0.15, -0.1) is 0 Å². The SMILES string of the molecule is CCCNC(Cc1ncc(C)c(OC)c1C)c1ccoc1. The molecular weight excluding hydrogens is 264 g/mol. The van der Waals surface area contributed by atoms with Gasteiger partial charge in [-0.3, -0.25) is 4.98 Å². The molecule has 2 rings (SSSR count). The monoisotopic (exact) mass is 288 g/mol. The molecule has 0 saturated carbocycles. The van der Waals surface area contributed by atoms with Crippen molar-refractivity contribution >= 4 is 0 Å². The van der Waals surface area contributed by atoms with Gasteiger partial charge in [0.25, 0.3) is 0 Å². The van der Waals surface area contributed by atoms with E-state index < -0.39 is 0 Å². The van der Waals surface area contributed by atoms with Crippen molar-refractivity contribution in [3.63, 3.8) is 0 Å². The van der Waals surface area contributed by atoms with Gasteiger partial charge in [0.05, 0.1) is 19.6 Å². The van der Waals surface area contributed by atoms with Gasteiger partial charge in [-0.1, -0.05) is 6.92 Å². The molecular formula is C17H24N2O2. The Morgan fingerprint density at radius 2 is 2.19 bits per heavy atom. The summed E-state index contributed by atoms with van der Waals surface area (Å²) >= 11 is 0. The van der Waals surface area contributed by atoms with Gasteiger partial charge in [0.15, 0.2) is 0 Å². The number of hydrogen-bond acceptors (Lipinski definition) is 4. The van der Waals surface area contributed by atoms with Gasteiger partial charge >= 0.3 is 0 Å². The fraction of sp³-hybridized carbons (Fsp3) is 0.471. The molecule has 21 heavy (non-hydrogen) atoms. The molecule has 0 spiro atoms. The van der Waals surface area contributed by atoms with E-state index in [2.05, 4.69) is 24.1 Å².